The van der Waals surface area contributed by atoms with Crippen LogP contribution in [-0.2, 0) is 11.2 Å². The first-order chi connectivity index (χ1) is 14.4. The van der Waals surface area contributed by atoms with Gasteiger partial charge in [0.25, 0.3) is 5.91 Å². The van der Waals surface area contributed by atoms with Gasteiger partial charge in [-0.2, -0.15) is 0 Å². The van der Waals surface area contributed by atoms with Gasteiger partial charge in [0.15, 0.2) is 0 Å². The lowest BCUT2D eigenvalue weighted by Gasteiger charge is -2.12. The van der Waals surface area contributed by atoms with Crippen LogP contribution < -0.4 is 15.4 Å². The molecule has 3 aromatic rings. The van der Waals surface area contributed by atoms with Crippen molar-refractivity contribution in [3.63, 3.8) is 0 Å². The molecule has 0 aliphatic carbocycles. The predicted molar refractivity (Wildman–Crippen MR) is 119 cm³/mol. The van der Waals surface area contributed by atoms with Crippen molar-refractivity contribution in [1.29, 1.82) is 0 Å². The van der Waals surface area contributed by atoms with Crippen molar-refractivity contribution in [3.8, 4) is 5.75 Å². The van der Waals surface area contributed by atoms with E-state index in [-0.39, 0.29) is 28.2 Å². The van der Waals surface area contributed by atoms with Gasteiger partial charge < -0.3 is 10.1 Å². The molecule has 2 N–H and O–H groups in total. The van der Waals surface area contributed by atoms with E-state index in [0.717, 1.165) is 11.4 Å². The quantitative estimate of drug-likeness (QED) is 0.548. The number of amides is 2. The van der Waals surface area contributed by atoms with Crippen molar-refractivity contribution in [1.82, 2.24) is 10.2 Å². The minimum atomic E-state index is -0.429. The number of halogens is 1. The van der Waals surface area contributed by atoms with Gasteiger partial charge in [0.1, 0.15) is 10.8 Å². The van der Waals surface area contributed by atoms with Gasteiger partial charge in [-0.05, 0) is 17.5 Å². The third-order valence-electron chi connectivity index (χ3n) is 4.38. The number of nitrogens with one attached hydrogen (secondary N) is 2. The van der Waals surface area contributed by atoms with Crippen LogP contribution in [-0.4, -0.2) is 29.1 Å². The summed E-state index contributed by atoms with van der Waals surface area (Å²) in [4.78, 5) is 24.0. The van der Waals surface area contributed by atoms with Crippen LogP contribution in [0.25, 0.3) is 0 Å². The standard InChI is InChI=1S/C21H21ClN4O3S/c1-12(14-7-5-4-6-8-14)9-19-25-26-21(30-19)24-20(28)15-10-16(22)17(23-13(2)27)11-18(15)29-3/h4-8,10-12H,9H2,1-3H3,(H,23,27)(H,24,26,28)/t12-/m0/s1. The fourth-order valence-electron chi connectivity index (χ4n) is 2.90. The lowest BCUT2D eigenvalue weighted by atomic mass is 9.98. The van der Waals surface area contributed by atoms with Gasteiger partial charge in [0.2, 0.25) is 11.0 Å². The number of rotatable bonds is 7. The normalized spacial score (nSPS) is 11.6. The zero-order valence-corrected chi connectivity index (χ0v) is 18.3. The van der Waals surface area contributed by atoms with E-state index in [2.05, 4.69) is 39.9 Å². The van der Waals surface area contributed by atoms with Crippen LogP contribution in [0.3, 0.4) is 0 Å². The van der Waals surface area contributed by atoms with E-state index in [1.165, 1.54) is 43.1 Å². The highest BCUT2D eigenvalue weighted by molar-refractivity contribution is 7.15. The molecule has 0 saturated carbocycles. The molecule has 2 amide bonds. The van der Waals surface area contributed by atoms with E-state index in [4.69, 9.17) is 16.3 Å². The van der Waals surface area contributed by atoms with E-state index in [9.17, 15) is 9.59 Å². The number of hydrogen-bond acceptors (Lipinski definition) is 6. The third kappa shape index (κ3) is 5.34. The molecule has 9 heteroatoms. The molecule has 2 aromatic carbocycles. The van der Waals surface area contributed by atoms with Crippen molar-refractivity contribution < 1.29 is 14.3 Å². The minimum absolute atomic E-state index is 0.228. The predicted octanol–water partition coefficient (Wildman–Crippen LogP) is 4.76. The first-order valence-corrected chi connectivity index (χ1v) is 10.4. The van der Waals surface area contributed by atoms with Crippen molar-refractivity contribution >= 4 is 45.6 Å². The van der Waals surface area contributed by atoms with E-state index in [1.807, 2.05) is 18.2 Å². The van der Waals surface area contributed by atoms with Crippen molar-refractivity contribution in [2.45, 2.75) is 26.2 Å². The van der Waals surface area contributed by atoms with E-state index < -0.39 is 5.91 Å². The average Bonchev–Trinajstić information content (AvgIpc) is 3.16. The number of ether oxygens (including phenoxy) is 1. The van der Waals surface area contributed by atoms with E-state index >= 15 is 0 Å². The summed E-state index contributed by atoms with van der Waals surface area (Å²) in [5.41, 5.74) is 1.81. The van der Waals surface area contributed by atoms with Crippen LogP contribution in [0, 0.1) is 0 Å². The van der Waals surface area contributed by atoms with Crippen LogP contribution in [0.1, 0.15) is 40.7 Å². The molecule has 0 bridgehead atoms. The Hall–Kier alpha value is -2.97. The van der Waals surface area contributed by atoms with Gasteiger partial charge in [-0.25, -0.2) is 0 Å². The molecule has 0 radical (unpaired) electrons. The van der Waals surface area contributed by atoms with Gasteiger partial charge in [-0.15, -0.1) is 10.2 Å². The second-order valence-electron chi connectivity index (χ2n) is 6.68. The number of hydrogen-bond donors (Lipinski definition) is 2. The lowest BCUT2D eigenvalue weighted by molar-refractivity contribution is -0.114. The Morgan fingerprint density at radius 2 is 1.90 bits per heavy atom. The molecular weight excluding hydrogens is 424 g/mol. The first kappa shape index (κ1) is 21.7. The minimum Gasteiger partial charge on any atom is -0.496 e. The van der Waals surface area contributed by atoms with Crippen LogP contribution in [0.2, 0.25) is 5.02 Å². The Morgan fingerprint density at radius 1 is 1.17 bits per heavy atom. The SMILES string of the molecule is COc1cc(NC(C)=O)c(Cl)cc1C(=O)Nc1nnc(C[C@H](C)c2ccccc2)s1. The monoisotopic (exact) mass is 444 g/mol. The Labute approximate surface area is 183 Å². The lowest BCUT2D eigenvalue weighted by Crippen LogP contribution is -2.14. The molecule has 3 rings (SSSR count). The zero-order chi connectivity index (χ0) is 21.7. The molecule has 0 aliphatic rings. The van der Waals surface area contributed by atoms with Gasteiger partial charge in [-0.1, -0.05) is 60.2 Å². The number of nitrogens with zero attached hydrogens (tertiary/aromatic N) is 2. The molecular formula is C21H21ClN4O3S. The van der Waals surface area contributed by atoms with Crippen LogP contribution in [0.15, 0.2) is 42.5 Å². The number of methoxy groups -OCH3 is 1. The number of aromatic nitrogens is 2. The van der Waals surface area contributed by atoms with Crippen molar-refractivity contribution in [3.05, 3.63) is 63.6 Å². The highest BCUT2D eigenvalue weighted by Gasteiger charge is 2.19. The summed E-state index contributed by atoms with van der Waals surface area (Å²) in [6, 6.07) is 13.1. The van der Waals surface area contributed by atoms with Crippen LogP contribution in [0.5, 0.6) is 5.75 Å². The molecule has 0 unspecified atom stereocenters. The van der Waals surface area contributed by atoms with Gasteiger partial charge in [-0.3, -0.25) is 14.9 Å². The number of carbonyl (C=O) groups excluding carboxylic acids is 2. The zero-order valence-electron chi connectivity index (χ0n) is 16.7. The number of carbonyl (C=O) groups is 2. The summed E-state index contributed by atoms with van der Waals surface area (Å²) < 4.78 is 5.28. The summed E-state index contributed by atoms with van der Waals surface area (Å²) >= 11 is 7.52. The molecule has 7 nitrogen and oxygen atoms in total. The maximum atomic E-state index is 12.7. The molecule has 1 aromatic heterocycles. The van der Waals surface area contributed by atoms with Gasteiger partial charge in [0, 0.05) is 19.4 Å². The third-order valence-corrected chi connectivity index (χ3v) is 5.55. The van der Waals surface area contributed by atoms with Crippen molar-refractivity contribution in [2.75, 3.05) is 17.7 Å². The summed E-state index contributed by atoms with van der Waals surface area (Å²) in [6.07, 6.45) is 0.720. The fraction of sp³-hybridized carbons (Fsp3) is 0.238. The van der Waals surface area contributed by atoms with Crippen molar-refractivity contribution in [2.24, 2.45) is 0 Å². The smallest absolute Gasteiger partial charge is 0.261 e. The summed E-state index contributed by atoms with van der Waals surface area (Å²) in [7, 11) is 1.44. The summed E-state index contributed by atoms with van der Waals surface area (Å²) in [6.45, 7) is 3.49. The van der Waals surface area contributed by atoms with Gasteiger partial charge in [0.05, 0.1) is 23.4 Å². The molecule has 1 heterocycles. The van der Waals surface area contributed by atoms with Crippen LogP contribution >= 0.6 is 22.9 Å². The van der Waals surface area contributed by atoms with E-state index in [1.54, 1.807) is 0 Å². The van der Waals surface area contributed by atoms with Gasteiger partial charge >= 0.3 is 0 Å². The Morgan fingerprint density at radius 3 is 2.57 bits per heavy atom. The average molecular weight is 445 g/mol. The fourth-order valence-corrected chi connectivity index (χ4v) is 3.97. The number of benzene rings is 2. The molecule has 0 spiro atoms. The summed E-state index contributed by atoms with van der Waals surface area (Å²) in [5, 5.41) is 15.0. The molecule has 1 atom stereocenters. The Bertz CT molecular complexity index is 1060. The summed E-state index contributed by atoms with van der Waals surface area (Å²) in [5.74, 6) is -0.143. The second kappa shape index (κ2) is 9.69. The molecule has 0 aliphatic heterocycles. The maximum Gasteiger partial charge on any atom is 0.261 e. The largest absolute Gasteiger partial charge is 0.496 e. The maximum absolute atomic E-state index is 12.7. The molecule has 30 heavy (non-hydrogen) atoms. The van der Waals surface area contributed by atoms with Crippen LogP contribution in [0.4, 0.5) is 10.8 Å². The Kier molecular flexibility index (Phi) is 7.02. The first-order valence-electron chi connectivity index (χ1n) is 9.21. The Balaban J connectivity index is 1.72. The molecule has 0 fully saturated rings. The molecule has 0 saturated heterocycles. The second-order valence-corrected chi connectivity index (χ2v) is 8.15. The highest BCUT2D eigenvalue weighted by atomic mass is 35.5. The highest BCUT2D eigenvalue weighted by Crippen LogP contribution is 2.32. The molecule has 156 valence electrons. The number of anilines is 2. The van der Waals surface area contributed by atoms with E-state index in [0.29, 0.717) is 10.8 Å². The topological polar surface area (TPSA) is 93.2 Å².